The van der Waals surface area contributed by atoms with Gasteiger partial charge in [-0.1, -0.05) is 65.7 Å². The van der Waals surface area contributed by atoms with Crippen LogP contribution in [0.4, 0.5) is 0 Å². The summed E-state index contributed by atoms with van der Waals surface area (Å²) in [5, 5.41) is 0. The Kier molecular flexibility index (Phi) is 8.59. The molecule has 0 aromatic heterocycles. The van der Waals surface area contributed by atoms with Crippen LogP contribution in [0.25, 0.3) is 0 Å². The molecule has 0 radical (unpaired) electrons. The van der Waals surface area contributed by atoms with E-state index in [0.717, 1.165) is 0 Å². The van der Waals surface area contributed by atoms with Crippen LogP contribution >= 0.6 is 7.92 Å². The molecule has 4 N–H and O–H groups in total. The summed E-state index contributed by atoms with van der Waals surface area (Å²) in [5.74, 6) is 8.00. The van der Waals surface area contributed by atoms with E-state index >= 15 is 0 Å². The van der Waals surface area contributed by atoms with Crippen LogP contribution in [0, 0.1) is 0 Å². The molecular formula is C18H37N2P. The van der Waals surface area contributed by atoms with E-state index in [2.05, 4.69) is 11.7 Å². The monoisotopic (exact) mass is 312 g/mol. The van der Waals surface area contributed by atoms with Gasteiger partial charge in [-0.05, 0) is 55.5 Å². The summed E-state index contributed by atoms with van der Waals surface area (Å²) in [7, 11) is 0.385. The quantitative estimate of drug-likeness (QED) is 0.423. The molecule has 3 fully saturated rings. The first-order valence-corrected chi connectivity index (χ1v) is 11.1. The van der Waals surface area contributed by atoms with Crippen molar-refractivity contribution in [3.05, 3.63) is 0 Å². The molecule has 0 spiro atoms. The molecule has 124 valence electrons. The van der Waals surface area contributed by atoms with Crippen LogP contribution in [0.15, 0.2) is 0 Å². The summed E-state index contributed by atoms with van der Waals surface area (Å²) in [5.41, 5.74) is 3.57. The summed E-state index contributed by atoms with van der Waals surface area (Å²) in [4.78, 5) is 0. The molecule has 0 aromatic rings. The molecule has 3 aliphatic carbocycles. The van der Waals surface area contributed by atoms with Gasteiger partial charge < -0.3 is 0 Å². The van der Waals surface area contributed by atoms with Gasteiger partial charge in [0.25, 0.3) is 0 Å². The molecule has 0 bridgehead atoms. The van der Waals surface area contributed by atoms with Gasteiger partial charge in [-0.25, -0.2) is 0 Å². The van der Waals surface area contributed by atoms with Crippen molar-refractivity contribution in [2.75, 3.05) is 0 Å². The minimum absolute atomic E-state index is 0.385. The second-order valence-electron chi connectivity index (χ2n) is 7.32. The lowest BCUT2D eigenvalue weighted by molar-refractivity contribution is 0.460. The van der Waals surface area contributed by atoms with Crippen LogP contribution in [0.3, 0.4) is 0 Å². The Bertz CT molecular complexity index is 211. The van der Waals surface area contributed by atoms with E-state index in [1.165, 1.54) is 36.2 Å². The molecule has 0 heterocycles. The van der Waals surface area contributed by atoms with Crippen molar-refractivity contribution in [2.24, 2.45) is 11.7 Å². The summed E-state index contributed by atoms with van der Waals surface area (Å²) >= 11 is 0. The minimum Gasteiger partial charge on any atom is -0.274 e. The average molecular weight is 312 g/mol. The summed E-state index contributed by atoms with van der Waals surface area (Å²) in [6.07, 6.45) is 23.6. The Balaban J connectivity index is 0.000000774. The van der Waals surface area contributed by atoms with Crippen molar-refractivity contribution >= 4 is 7.92 Å². The van der Waals surface area contributed by atoms with Crippen LogP contribution in [0.5, 0.6) is 0 Å². The topological polar surface area (TPSA) is 52.0 Å². The maximum Gasteiger partial charge on any atom is -0.0204 e. The first-order chi connectivity index (χ1) is 10.4. The van der Waals surface area contributed by atoms with Gasteiger partial charge in [0.1, 0.15) is 0 Å². The molecule has 0 atom stereocenters. The number of hydrogen-bond acceptors (Lipinski definition) is 2. The molecular weight excluding hydrogens is 275 g/mol. The molecule has 3 aliphatic rings. The van der Waals surface area contributed by atoms with Crippen LogP contribution in [-0.2, 0) is 0 Å². The zero-order chi connectivity index (χ0) is 14.9. The van der Waals surface area contributed by atoms with Gasteiger partial charge in [-0.2, -0.15) is 0 Å². The van der Waals surface area contributed by atoms with Crippen molar-refractivity contribution in [3.8, 4) is 0 Å². The molecule has 2 nitrogen and oxygen atoms in total. The number of hydrazine groups is 1. The predicted octanol–water partition coefficient (Wildman–Crippen LogP) is 5.29. The van der Waals surface area contributed by atoms with Gasteiger partial charge in [-0.3, -0.25) is 11.7 Å². The summed E-state index contributed by atoms with van der Waals surface area (Å²) in [6, 6.07) is 0. The first-order valence-electron chi connectivity index (χ1n) is 9.56. The van der Waals surface area contributed by atoms with Gasteiger partial charge in [-0.15, -0.1) is 0 Å². The third-order valence-electron chi connectivity index (χ3n) is 5.99. The highest BCUT2D eigenvalue weighted by molar-refractivity contribution is 7.59. The highest BCUT2D eigenvalue weighted by Crippen LogP contribution is 2.61. The molecule has 3 heteroatoms. The van der Waals surface area contributed by atoms with Crippen LogP contribution in [-0.4, -0.2) is 17.0 Å². The Morgan fingerprint density at radius 1 is 0.429 bits per heavy atom. The average Bonchev–Trinajstić information content (AvgIpc) is 2.60. The van der Waals surface area contributed by atoms with Gasteiger partial charge >= 0.3 is 0 Å². The third kappa shape index (κ3) is 5.19. The molecule has 0 aromatic carbocycles. The normalized spacial score (nSPS) is 26.4. The van der Waals surface area contributed by atoms with E-state index in [1.54, 1.807) is 77.0 Å². The van der Waals surface area contributed by atoms with E-state index in [0.29, 0.717) is 7.92 Å². The highest BCUT2D eigenvalue weighted by atomic mass is 31.1. The minimum atomic E-state index is 0.385. The van der Waals surface area contributed by atoms with Crippen LogP contribution < -0.4 is 11.7 Å². The van der Waals surface area contributed by atoms with E-state index < -0.39 is 0 Å². The summed E-state index contributed by atoms with van der Waals surface area (Å²) in [6.45, 7) is 0. The Labute approximate surface area is 133 Å². The van der Waals surface area contributed by atoms with Gasteiger partial charge in [0.15, 0.2) is 0 Å². The van der Waals surface area contributed by atoms with E-state index in [-0.39, 0.29) is 0 Å². The molecule has 3 saturated carbocycles. The first kappa shape index (κ1) is 17.7. The van der Waals surface area contributed by atoms with E-state index in [4.69, 9.17) is 0 Å². The van der Waals surface area contributed by atoms with Crippen molar-refractivity contribution in [3.63, 3.8) is 0 Å². The number of rotatable bonds is 3. The molecule has 0 saturated heterocycles. The highest BCUT2D eigenvalue weighted by Gasteiger charge is 2.36. The van der Waals surface area contributed by atoms with Gasteiger partial charge in [0.05, 0.1) is 0 Å². The Morgan fingerprint density at radius 3 is 0.905 bits per heavy atom. The standard InChI is InChI=1S/C18H33P.H4N2/c1-4-10-16(11-5-1)19(17-12-6-2-7-13-17)18-14-8-3-9-15-18;1-2/h16-18H,1-15H2;1-2H2. The lowest BCUT2D eigenvalue weighted by Crippen LogP contribution is -2.28. The molecule has 3 rings (SSSR count). The second kappa shape index (κ2) is 10.2. The van der Waals surface area contributed by atoms with Crippen molar-refractivity contribution in [1.29, 1.82) is 0 Å². The number of hydrogen-bond donors (Lipinski definition) is 2. The smallest absolute Gasteiger partial charge is 0.0204 e. The maximum absolute atomic E-state index is 4.00. The number of nitrogens with two attached hydrogens (primary N) is 2. The lowest BCUT2D eigenvalue weighted by Gasteiger charge is -2.44. The lowest BCUT2D eigenvalue weighted by atomic mass is 9.99. The Morgan fingerprint density at radius 2 is 0.667 bits per heavy atom. The Hall–Kier alpha value is 0.350. The zero-order valence-electron chi connectivity index (χ0n) is 13.9. The fourth-order valence-electron chi connectivity index (χ4n) is 5.03. The molecule has 0 aliphatic heterocycles. The largest absolute Gasteiger partial charge is 0.274 e. The zero-order valence-corrected chi connectivity index (χ0v) is 14.8. The molecule has 0 amide bonds. The van der Waals surface area contributed by atoms with Crippen LogP contribution in [0.2, 0.25) is 0 Å². The molecule has 21 heavy (non-hydrogen) atoms. The van der Waals surface area contributed by atoms with Gasteiger partial charge in [0.2, 0.25) is 0 Å². The SMILES string of the molecule is C1CCC(P(C2CCCCC2)C2CCCCC2)CC1.NN. The van der Waals surface area contributed by atoms with Gasteiger partial charge in [0, 0.05) is 0 Å². The summed E-state index contributed by atoms with van der Waals surface area (Å²) < 4.78 is 0. The fourth-order valence-corrected chi connectivity index (χ4v) is 9.71. The maximum atomic E-state index is 4.00. The van der Waals surface area contributed by atoms with Crippen molar-refractivity contribution in [2.45, 2.75) is 113 Å². The van der Waals surface area contributed by atoms with Crippen molar-refractivity contribution < 1.29 is 0 Å². The van der Waals surface area contributed by atoms with Crippen molar-refractivity contribution in [1.82, 2.24) is 0 Å². The van der Waals surface area contributed by atoms with Crippen LogP contribution in [0.1, 0.15) is 96.3 Å². The molecule has 0 unspecified atom stereocenters. The third-order valence-corrected chi connectivity index (χ3v) is 10.1. The predicted molar refractivity (Wildman–Crippen MR) is 95.9 cm³/mol. The van der Waals surface area contributed by atoms with E-state index in [9.17, 15) is 0 Å². The fraction of sp³-hybridized carbons (Fsp3) is 1.00. The van der Waals surface area contributed by atoms with E-state index in [1.807, 2.05) is 0 Å². The second-order valence-corrected chi connectivity index (χ2v) is 10.4.